The van der Waals surface area contributed by atoms with Gasteiger partial charge in [0.2, 0.25) is 0 Å². The number of methoxy groups -OCH3 is 1. The summed E-state index contributed by atoms with van der Waals surface area (Å²) in [5, 5.41) is 0. The lowest BCUT2D eigenvalue weighted by molar-refractivity contribution is 0.135. The van der Waals surface area contributed by atoms with Gasteiger partial charge in [0.15, 0.2) is 0 Å². The largest absolute Gasteiger partial charge is 0.372 e. The maximum Gasteiger partial charge on any atom is 0.123 e. The third-order valence-corrected chi connectivity index (χ3v) is 2.44. The molecule has 0 radical (unpaired) electrons. The van der Waals surface area contributed by atoms with E-state index >= 15 is 0 Å². The summed E-state index contributed by atoms with van der Waals surface area (Å²) in [4.78, 5) is 0. The van der Waals surface area contributed by atoms with Gasteiger partial charge in [0.05, 0.1) is 0 Å². The number of benzene rings is 1. The Morgan fingerprint density at radius 1 is 1.35 bits per heavy atom. The van der Waals surface area contributed by atoms with Gasteiger partial charge in [0.25, 0.3) is 0 Å². The second-order valence-corrected chi connectivity index (χ2v) is 3.51. The Bertz CT molecular complexity index is 393. The fraction of sp³-hybridized carbons (Fsp3) is 0.286. The van der Waals surface area contributed by atoms with Crippen molar-refractivity contribution < 1.29 is 13.5 Å². The van der Waals surface area contributed by atoms with E-state index in [4.69, 9.17) is 4.74 Å². The van der Waals surface area contributed by atoms with Gasteiger partial charge in [-0.05, 0) is 30.2 Å². The Kier molecular flexibility index (Phi) is 5.57. The highest BCUT2D eigenvalue weighted by atomic mass is 19.1. The summed E-state index contributed by atoms with van der Waals surface area (Å²) in [6.45, 7) is 1.34. The molecule has 1 unspecified atom stereocenters. The molecule has 1 aromatic rings. The highest BCUT2D eigenvalue weighted by molar-refractivity contribution is 5.32. The molecule has 1 rings (SSSR count). The van der Waals surface area contributed by atoms with Crippen LogP contribution in [0.25, 0.3) is 0 Å². The lowest BCUT2D eigenvalue weighted by Gasteiger charge is -2.17. The number of rotatable bonds is 5. The molecule has 1 atom stereocenters. The van der Waals surface area contributed by atoms with Crippen LogP contribution >= 0.6 is 0 Å². The van der Waals surface area contributed by atoms with Crippen LogP contribution in [-0.2, 0) is 4.74 Å². The van der Waals surface area contributed by atoms with Crippen molar-refractivity contribution in [2.75, 3.05) is 13.8 Å². The normalized spacial score (nSPS) is 14.2. The van der Waals surface area contributed by atoms with Crippen LogP contribution in [0.15, 0.2) is 48.1 Å². The van der Waals surface area contributed by atoms with Crippen LogP contribution in [0, 0.1) is 5.82 Å². The van der Waals surface area contributed by atoms with Crippen molar-refractivity contribution >= 4 is 0 Å². The van der Waals surface area contributed by atoms with Crippen molar-refractivity contribution in [3.8, 4) is 0 Å². The van der Waals surface area contributed by atoms with Crippen LogP contribution in [0.2, 0.25) is 0 Å². The van der Waals surface area contributed by atoms with Crippen molar-refractivity contribution in [2.24, 2.45) is 0 Å². The first-order chi connectivity index (χ1) is 8.22. The molecule has 0 N–H and O–H groups in total. The molecule has 92 valence electrons. The van der Waals surface area contributed by atoms with E-state index in [0.717, 1.165) is 11.1 Å². The van der Waals surface area contributed by atoms with E-state index in [0.29, 0.717) is 0 Å². The van der Waals surface area contributed by atoms with Crippen LogP contribution in [0.4, 0.5) is 8.78 Å². The van der Waals surface area contributed by atoms with E-state index in [9.17, 15) is 8.78 Å². The zero-order chi connectivity index (χ0) is 12.7. The van der Waals surface area contributed by atoms with E-state index in [1.54, 1.807) is 25.3 Å². The predicted molar refractivity (Wildman–Crippen MR) is 65.0 cm³/mol. The van der Waals surface area contributed by atoms with E-state index in [-0.39, 0.29) is 11.9 Å². The van der Waals surface area contributed by atoms with Gasteiger partial charge >= 0.3 is 0 Å². The summed E-state index contributed by atoms with van der Waals surface area (Å²) in [6, 6.07) is 6.09. The van der Waals surface area contributed by atoms with Crippen molar-refractivity contribution in [3.63, 3.8) is 0 Å². The molecule has 0 aliphatic heterocycles. The first-order valence-electron chi connectivity index (χ1n) is 5.40. The average Bonchev–Trinajstić information content (AvgIpc) is 2.36. The minimum atomic E-state index is -0.517. The smallest absolute Gasteiger partial charge is 0.123 e. The fourth-order valence-electron chi connectivity index (χ4n) is 1.62. The minimum Gasteiger partial charge on any atom is -0.372 e. The van der Waals surface area contributed by atoms with Crippen molar-refractivity contribution in [1.82, 2.24) is 0 Å². The van der Waals surface area contributed by atoms with E-state index in [1.807, 2.05) is 13.0 Å². The van der Waals surface area contributed by atoms with Crippen molar-refractivity contribution in [3.05, 3.63) is 59.4 Å². The summed E-state index contributed by atoms with van der Waals surface area (Å²) in [5.41, 5.74) is 1.68. The van der Waals surface area contributed by atoms with E-state index < -0.39 is 6.67 Å². The molecule has 0 spiro atoms. The predicted octanol–water partition coefficient (Wildman–Crippen LogP) is 3.99. The first-order valence-corrected chi connectivity index (χ1v) is 5.40. The number of ether oxygens (including phenoxy) is 1. The van der Waals surface area contributed by atoms with Crippen LogP contribution in [0.1, 0.15) is 18.6 Å². The molecule has 0 saturated heterocycles. The van der Waals surface area contributed by atoms with Crippen LogP contribution in [0.3, 0.4) is 0 Å². The Morgan fingerprint density at radius 2 is 2.00 bits per heavy atom. The Labute approximate surface area is 100 Å². The average molecular weight is 238 g/mol. The molecule has 17 heavy (non-hydrogen) atoms. The number of alkyl halides is 1. The molecule has 0 amide bonds. The van der Waals surface area contributed by atoms with Gasteiger partial charge in [-0.1, -0.05) is 30.4 Å². The topological polar surface area (TPSA) is 9.23 Å². The fourth-order valence-corrected chi connectivity index (χ4v) is 1.62. The molecule has 0 fully saturated rings. The summed E-state index contributed by atoms with van der Waals surface area (Å²) in [6.07, 6.45) is 4.65. The van der Waals surface area contributed by atoms with Gasteiger partial charge in [0, 0.05) is 7.11 Å². The van der Waals surface area contributed by atoms with Crippen LogP contribution < -0.4 is 0 Å². The molecule has 0 aliphatic carbocycles. The maximum absolute atomic E-state index is 12.8. The van der Waals surface area contributed by atoms with Crippen LogP contribution in [-0.4, -0.2) is 13.8 Å². The number of halogens is 2. The third kappa shape index (κ3) is 3.79. The van der Waals surface area contributed by atoms with Gasteiger partial charge in [-0.25, -0.2) is 8.78 Å². The maximum atomic E-state index is 12.8. The molecule has 1 aromatic carbocycles. The second-order valence-electron chi connectivity index (χ2n) is 3.51. The van der Waals surface area contributed by atoms with Gasteiger partial charge in [-0.3, -0.25) is 0 Å². The first kappa shape index (κ1) is 13.6. The molecular weight excluding hydrogens is 222 g/mol. The number of hydrogen-bond donors (Lipinski definition) is 0. The van der Waals surface area contributed by atoms with E-state index in [1.165, 1.54) is 18.2 Å². The monoisotopic (exact) mass is 238 g/mol. The van der Waals surface area contributed by atoms with Crippen molar-refractivity contribution in [1.29, 1.82) is 0 Å². The molecule has 0 bridgehead atoms. The quantitative estimate of drug-likeness (QED) is 0.705. The van der Waals surface area contributed by atoms with Gasteiger partial charge in [0.1, 0.15) is 18.6 Å². The zero-order valence-corrected chi connectivity index (χ0v) is 9.99. The third-order valence-electron chi connectivity index (χ3n) is 2.44. The van der Waals surface area contributed by atoms with Gasteiger partial charge in [-0.2, -0.15) is 0 Å². The SMILES string of the molecule is C/C=C(\C=C/CF)C(OC)c1ccc(F)cc1. The Hall–Kier alpha value is -1.48. The minimum absolute atomic E-state index is 0.287. The lowest BCUT2D eigenvalue weighted by Crippen LogP contribution is -2.03. The van der Waals surface area contributed by atoms with Gasteiger partial charge < -0.3 is 4.74 Å². The van der Waals surface area contributed by atoms with Crippen molar-refractivity contribution in [2.45, 2.75) is 13.0 Å². The summed E-state index contributed by atoms with van der Waals surface area (Å²) < 4.78 is 30.3. The molecule has 0 aromatic heterocycles. The summed E-state index contributed by atoms with van der Waals surface area (Å²) in [7, 11) is 1.57. The highest BCUT2D eigenvalue weighted by Gasteiger charge is 2.13. The molecule has 0 saturated carbocycles. The lowest BCUT2D eigenvalue weighted by atomic mass is 10.0. The molecule has 0 heterocycles. The summed E-state index contributed by atoms with van der Waals surface area (Å²) >= 11 is 0. The Balaban J connectivity index is 2.97. The number of allylic oxidation sites excluding steroid dienone is 2. The Morgan fingerprint density at radius 3 is 2.47 bits per heavy atom. The summed E-state index contributed by atoms with van der Waals surface area (Å²) in [5.74, 6) is -0.287. The number of hydrogen-bond acceptors (Lipinski definition) is 1. The standard InChI is InChI=1S/C14H16F2O/c1-3-11(5-4-10-15)14(17-2)12-6-8-13(16)9-7-12/h3-9,14H,10H2,1-2H3/b5-4-,11-3+. The molecule has 3 heteroatoms. The highest BCUT2D eigenvalue weighted by Crippen LogP contribution is 2.26. The zero-order valence-electron chi connectivity index (χ0n) is 9.99. The second kappa shape index (κ2) is 6.97. The molecular formula is C14H16F2O. The van der Waals surface area contributed by atoms with Crippen LogP contribution in [0.5, 0.6) is 0 Å². The van der Waals surface area contributed by atoms with Gasteiger partial charge in [-0.15, -0.1) is 0 Å². The molecule has 1 nitrogen and oxygen atoms in total. The molecule has 0 aliphatic rings. The van der Waals surface area contributed by atoms with E-state index in [2.05, 4.69) is 0 Å².